The second-order valence-electron chi connectivity index (χ2n) is 3.37. The van der Waals surface area contributed by atoms with E-state index in [0.717, 1.165) is 0 Å². The van der Waals surface area contributed by atoms with Crippen LogP contribution in [0.5, 0.6) is 0 Å². The minimum Gasteiger partial charge on any atom is -0.465 e. The highest BCUT2D eigenvalue weighted by Gasteiger charge is 2.17. The van der Waals surface area contributed by atoms with Gasteiger partial charge in [-0.3, -0.25) is 14.9 Å². The van der Waals surface area contributed by atoms with Crippen LogP contribution in [0, 0.1) is 10.1 Å². The minimum absolute atomic E-state index is 0.137. The molecule has 0 heterocycles. The van der Waals surface area contributed by atoms with E-state index in [9.17, 15) is 19.7 Å². The Hall–Kier alpha value is -2.44. The Morgan fingerprint density at radius 2 is 2.06 bits per heavy atom. The largest absolute Gasteiger partial charge is 0.465 e. The van der Waals surface area contributed by atoms with Crippen LogP contribution in [-0.4, -0.2) is 24.0 Å². The molecule has 96 valence electrons. The number of methoxy groups -OCH3 is 1. The Morgan fingerprint density at radius 3 is 2.56 bits per heavy atom. The Labute approximate surface area is 102 Å². The number of rotatable bonds is 4. The predicted molar refractivity (Wildman–Crippen MR) is 59.9 cm³/mol. The van der Waals surface area contributed by atoms with Crippen molar-refractivity contribution < 1.29 is 24.0 Å². The molecule has 0 aromatic heterocycles. The van der Waals surface area contributed by atoms with Crippen molar-refractivity contribution in [2.45, 2.75) is 13.5 Å². The van der Waals surface area contributed by atoms with Crippen molar-refractivity contribution in [3.05, 3.63) is 39.4 Å². The van der Waals surface area contributed by atoms with Crippen molar-refractivity contribution in [1.29, 1.82) is 0 Å². The van der Waals surface area contributed by atoms with Gasteiger partial charge in [-0.1, -0.05) is 0 Å². The van der Waals surface area contributed by atoms with E-state index < -0.39 is 16.9 Å². The number of nitro groups is 1. The summed E-state index contributed by atoms with van der Waals surface area (Å²) in [6.45, 7) is 0.923. The summed E-state index contributed by atoms with van der Waals surface area (Å²) >= 11 is 0. The maximum Gasteiger partial charge on any atom is 0.337 e. The zero-order chi connectivity index (χ0) is 13.7. The molecule has 0 amide bonds. The lowest BCUT2D eigenvalue weighted by molar-refractivity contribution is -0.385. The molecule has 0 atom stereocenters. The van der Waals surface area contributed by atoms with Crippen LogP contribution < -0.4 is 0 Å². The van der Waals surface area contributed by atoms with Gasteiger partial charge in [0.2, 0.25) is 0 Å². The van der Waals surface area contributed by atoms with Crippen LogP contribution in [0.4, 0.5) is 5.69 Å². The third-order valence-electron chi connectivity index (χ3n) is 2.13. The normalized spacial score (nSPS) is 9.67. The van der Waals surface area contributed by atoms with E-state index >= 15 is 0 Å². The summed E-state index contributed by atoms with van der Waals surface area (Å²) in [6.07, 6.45) is 0. The van der Waals surface area contributed by atoms with Crippen molar-refractivity contribution in [3.63, 3.8) is 0 Å². The first-order valence-corrected chi connectivity index (χ1v) is 4.94. The van der Waals surface area contributed by atoms with E-state index in [-0.39, 0.29) is 23.4 Å². The average Bonchev–Trinajstić information content (AvgIpc) is 2.34. The molecule has 0 saturated heterocycles. The molecule has 1 aromatic rings. The molecule has 0 bridgehead atoms. The first-order valence-electron chi connectivity index (χ1n) is 4.94. The highest BCUT2D eigenvalue weighted by atomic mass is 16.6. The molecule has 0 aliphatic rings. The molecule has 7 nitrogen and oxygen atoms in total. The van der Waals surface area contributed by atoms with E-state index in [4.69, 9.17) is 4.74 Å². The van der Waals surface area contributed by atoms with Crippen LogP contribution in [0.1, 0.15) is 22.8 Å². The molecule has 0 spiro atoms. The first-order chi connectivity index (χ1) is 8.45. The first kappa shape index (κ1) is 13.6. The Kier molecular flexibility index (Phi) is 4.36. The van der Waals surface area contributed by atoms with Gasteiger partial charge in [0.25, 0.3) is 5.69 Å². The highest BCUT2D eigenvalue weighted by molar-refractivity contribution is 5.90. The summed E-state index contributed by atoms with van der Waals surface area (Å²) in [5.74, 6) is -1.18. The number of carbonyl (C=O) groups is 2. The summed E-state index contributed by atoms with van der Waals surface area (Å²) in [5.41, 5.74) is 0.0762. The average molecular weight is 253 g/mol. The molecule has 0 saturated carbocycles. The molecule has 0 unspecified atom stereocenters. The van der Waals surface area contributed by atoms with Crippen LogP contribution in [-0.2, 0) is 20.9 Å². The van der Waals surface area contributed by atoms with Gasteiger partial charge in [0, 0.05) is 13.0 Å². The fourth-order valence-electron chi connectivity index (χ4n) is 1.30. The maximum atomic E-state index is 11.3. The van der Waals surface area contributed by atoms with Gasteiger partial charge in [0.15, 0.2) is 0 Å². The molecule has 0 aliphatic carbocycles. The van der Waals surface area contributed by atoms with E-state index in [2.05, 4.69) is 4.74 Å². The fourth-order valence-corrected chi connectivity index (χ4v) is 1.30. The molecular formula is C11H11NO6. The second-order valence-corrected chi connectivity index (χ2v) is 3.37. The number of hydrogen-bond donors (Lipinski definition) is 0. The van der Waals surface area contributed by atoms with Crippen molar-refractivity contribution in [2.75, 3.05) is 7.11 Å². The maximum absolute atomic E-state index is 11.3. The molecule has 18 heavy (non-hydrogen) atoms. The molecule has 0 aliphatic heterocycles. The van der Waals surface area contributed by atoms with Crippen molar-refractivity contribution in [1.82, 2.24) is 0 Å². The summed E-state index contributed by atoms with van der Waals surface area (Å²) in [4.78, 5) is 32.1. The lowest BCUT2D eigenvalue weighted by atomic mass is 10.1. The number of nitro benzene ring substituents is 1. The van der Waals surface area contributed by atoms with E-state index in [1.807, 2.05) is 0 Å². The van der Waals surface area contributed by atoms with E-state index in [1.165, 1.54) is 32.2 Å². The van der Waals surface area contributed by atoms with Crippen LogP contribution in [0.2, 0.25) is 0 Å². The van der Waals surface area contributed by atoms with Crippen molar-refractivity contribution in [3.8, 4) is 0 Å². The molecule has 1 aromatic carbocycles. The number of nitrogens with zero attached hydrogens (tertiary/aromatic N) is 1. The molecule has 7 heteroatoms. The van der Waals surface area contributed by atoms with Gasteiger partial charge >= 0.3 is 11.9 Å². The van der Waals surface area contributed by atoms with Crippen LogP contribution in [0.3, 0.4) is 0 Å². The van der Waals surface area contributed by atoms with Gasteiger partial charge in [-0.15, -0.1) is 0 Å². The van der Waals surface area contributed by atoms with Crippen LogP contribution >= 0.6 is 0 Å². The standard InChI is InChI=1S/C11H11NO6/c1-7(13)18-6-9-5-8(11(14)17-2)3-4-10(9)12(15)16/h3-5H,6H2,1-2H3. The lowest BCUT2D eigenvalue weighted by Gasteiger charge is -2.05. The van der Waals surface area contributed by atoms with Crippen molar-refractivity contribution >= 4 is 17.6 Å². The summed E-state index contributed by atoms with van der Waals surface area (Å²) < 4.78 is 9.19. The van der Waals surface area contributed by atoms with Gasteiger partial charge in [-0.05, 0) is 12.1 Å². The molecule has 1 rings (SSSR count). The summed E-state index contributed by atoms with van der Waals surface area (Å²) in [5, 5.41) is 10.8. The van der Waals surface area contributed by atoms with Crippen molar-refractivity contribution in [2.24, 2.45) is 0 Å². The number of ether oxygens (including phenoxy) is 2. The highest BCUT2D eigenvalue weighted by Crippen LogP contribution is 2.21. The monoisotopic (exact) mass is 253 g/mol. The fraction of sp³-hybridized carbons (Fsp3) is 0.273. The number of benzene rings is 1. The Bertz CT molecular complexity index is 496. The Morgan fingerprint density at radius 1 is 1.39 bits per heavy atom. The van der Waals surface area contributed by atoms with Crippen LogP contribution in [0.25, 0.3) is 0 Å². The minimum atomic E-state index is -0.617. The summed E-state index contributed by atoms with van der Waals surface area (Å²) in [7, 11) is 1.20. The predicted octanol–water partition coefficient (Wildman–Crippen LogP) is 1.44. The molecule has 0 N–H and O–H groups in total. The number of esters is 2. The van der Waals surface area contributed by atoms with E-state index in [1.54, 1.807) is 0 Å². The lowest BCUT2D eigenvalue weighted by Crippen LogP contribution is -2.06. The van der Waals surface area contributed by atoms with Crippen LogP contribution in [0.15, 0.2) is 18.2 Å². The van der Waals surface area contributed by atoms with E-state index in [0.29, 0.717) is 0 Å². The second kappa shape index (κ2) is 5.76. The third kappa shape index (κ3) is 3.27. The van der Waals surface area contributed by atoms with Gasteiger partial charge in [-0.2, -0.15) is 0 Å². The van der Waals surface area contributed by atoms with Gasteiger partial charge in [0.1, 0.15) is 6.61 Å². The van der Waals surface area contributed by atoms with Gasteiger partial charge < -0.3 is 9.47 Å². The molecular weight excluding hydrogens is 242 g/mol. The third-order valence-corrected chi connectivity index (χ3v) is 2.13. The number of hydrogen-bond acceptors (Lipinski definition) is 6. The smallest absolute Gasteiger partial charge is 0.337 e. The SMILES string of the molecule is COC(=O)c1ccc([N+](=O)[O-])c(COC(C)=O)c1. The topological polar surface area (TPSA) is 95.7 Å². The molecule has 0 radical (unpaired) electrons. The summed E-state index contributed by atoms with van der Waals surface area (Å²) in [6, 6.07) is 3.72. The number of carbonyl (C=O) groups excluding carboxylic acids is 2. The zero-order valence-electron chi connectivity index (χ0n) is 9.84. The zero-order valence-corrected chi connectivity index (χ0v) is 9.84. The quantitative estimate of drug-likeness (QED) is 0.457. The van der Waals surface area contributed by atoms with Gasteiger partial charge in [-0.25, -0.2) is 4.79 Å². The molecule has 0 fully saturated rings. The van der Waals surface area contributed by atoms with Gasteiger partial charge in [0.05, 0.1) is 23.2 Å². The Balaban J connectivity index is 3.11.